The van der Waals surface area contributed by atoms with Crippen LogP contribution in [0, 0.1) is 0 Å². The third kappa shape index (κ3) is 22.6. The van der Waals surface area contributed by atoms with E-state index in [4.69, 9.17) is 28.4 Å². The van der Waals surface area contributed by atoms with Gasteiger partial charge in [0.05, 0.1) is 19.8 Å². The van der Waals surface area contributed by atoms with E-state index in [2.05, 4.69) is 62.5 Å². The third-order valence-electron chi connectivity index (χ3n) is 9.71. The quantitative estimate of drug-likeness (QED) is 0.0234. The first-order valence-electron chi connectivity index (χ1n) is 21.7. The van der Waals surface area contributed by atoms with Crippen LogP contribution in [-0.4, -0.2) is 142 Å². The second-order valence-corrected chi connectivity index (χ2v) is 14.8. The average Bonchev–Trinajstić information content (AvgIpc) is 3.25. The highest BCUT2D eigenvalue weighted by molar-refractivity contribution is 5.70. The lowest BCUT2D eigenvalue weighted by atomic mass is 9.98. The fraction of sp³-hybridized carbons (Fsp3) is 0.652. The summed E-state index contributed by atoms with van der Waals surface area (Å²) in [5.41, 5.74) is 0. The van der Waals surface area contributed by atoms with Crippen LogP contribution in [0.4, 0.5) is 0 Å². The van der Waals surface area contributed by atoms with Crippen LogP contribution in [0.2, 0.25) is 0 Å². The van der Waals surface area contributed by atoms with Crippen molar-refractivity contribution >= 4 is 11.9 Å². The number of esters is 2. The Hall–Kier alpha value is -3.32. The number of allylic oxidation sites excluding steroid dienone is 14. The summed E-state index contributed by atoms with van der Waals surface area (Å²) in [6, 6.07) is 0. The van der Waals surface area contributed by atoms with Gasteiger partial charge in [-0.05, 0) is 64.2 Å². The van der Waals surface area contributed by atoms with Gasteiger partial charge >= 0.3 is 11.9 Å². The van der Waals surface area contributed by atoms with Crippen molar-refractivity contribution < 1.29 is 73.8 Å². The lowest BCUT2D eigenvalue weighted by Gasteiger charge is -2.42. The maximum absolute atomic E-state index is 12.9. The second-order valence-electron chi connectivity index (χ2n) is 14.8. The minimum absolute atomic E-state index is 0.105. The van der Waals surface area contributed by atoms with Crippen molar-refractivity contribution in [3.63, 3.8) is 0 Å². The Balaban J connectivity index is 1.92. The van der Waals surface area contributed by atoms with Crippen LogP contribution in [0.5, 0.6) is 0 Å². The first kappa shape index (κ1) is 53.8. The molecule has 11 atom stereocenters. The van der Waals surface area contributed by atoms with Crippen LogP contribution < -0.4 is 0 Å². The van der Waals surface area contributed by atoms with E-state index < -0.39 is 99.3 Å². The van der Waals surface area contributed by atoms with Gasteiger partial charge in [0.2, 0.25) is 0 Å². The molecular weight excluding hydrogens is 792 g/mol. The molecule has 0 bridgehead atoms. The maximum Gasteiger partial charge on any atom is 0.306 e. The summed E-state index contributed by atoms with van der Waals surface area (Å²) in [5.74, 6) is -1.03. The Kier molecular flexibility index (Phi) is 29.3. The predicted molar refractivity (Wildman–Crippen MR) is 229 cm³/mol. The maximum atomic E-state index is 12.9. The van der Waals surface area contributed by atoms with Crippen LogP contribution in [0.1, 0.15) is 97.3 Å². The lowest BCUT2D eigenvalue weighted by molar-refractivity contribution is -0.332. The van der Waals surface area contributed by atoms with E-state index in [0.717, 1.165) is 57.8 Å². The van der Waals surface area contributed by atoms with Crippen molar-refractivity contribution in [1.29, 1.82) is 0 Å². The molecule has 2 heterocycles. The summed E-state index contributed by atoms with van der Waals surface area (Å²) in [5, 5.41) is 71.8. The first-order valence-corrected chi connectivity index (χ1v) is 21.7. The Morgan fingerprint density at radius 2 is 1.07 bits per heavy atom. The molecule has 0 spiro atoms. The van der Waals surface area contributed by atoms with E-state index in [1.165, 1.54) is 0 Å². The number of unbranched alkanes of at least 4 members (excludes halogenated alkanes) is 5. The van der Waals surface area contributed by atoms with Gasteiger partial charge in [0, 0.05) is 12.8 Å². The monoisotopic (exact) mass is 864 g/mol. The van der Waals surface area contributed by atoms with E-state index in [1.54, 1.807) is 0 Å². The number of hydrogen-bond donors (Lipinski definition) is 7. The minimum Gasteiger partial charge on any atom is -0.462 e. The number of ether oxygens (including phenoxy) is 6. The van der Waals surface area contributed by atoms with Crippen LogP contribution in [-0.2, 0) is 38.0 Å². The van der Waals surface area contributed by atoms with Crippen molar-refractivity contribution in [3.05, 3.63) is 85.1 Å². The number of carbonyl (C=O) groups is 2. The van der Waals surface area contributed by atoms with Gasteiger partial charge in [0.1, 0.15) is 55.4 Å². The van der Waals surface area contributed by atoms with Crippen LogP contribution >= 0.6 is 0 Å². The smallest absolute Gasteiger partial charge is 0.306 e. The molecule has 15 nitrogen and oxygen atoms in total. The Bertz CT molecular complexity index is 1390. The number of carbonyl (C=O) groups excluding carboxylic acids is 2. The topological polar surface area (TPSA) is 231 Å². The summed E-state index contributed by atoms with van der Waals surface area (Å²) in [4.78, 5) is 25.5. The summed E-state index contributed by atoms with van der Waals surface area (Å²) in [7, 11) is 0. The van der Waals surface area contributed by atoms with Gasteiger partial charge in [-0.25, -0.2) is 0 Å². The third-order valence-corrected chi connectivity index (χ3v) is 9.71. The molecule has 15 heteroatoms. The van der Waals surface area contributed by atoms with Crippen LogP contribution in [0.15, 0.2) is 85.1 Å². The molecule has 0 radical (unpaired) electrons. The highest BCUT2D eigenvalue weighted by Crippen LogP contribution is 2.26. The molecule has 61 heavy (non-hydrogen) atoms. The number of aliphatic hydroxyl groups is 7. The molecule has 2 aliphatic rings. The van der Waals surface area contributed by atoms with Gasteiger partial charge < -0.3 is 64.2 Å². The molecule has 2 fully saturated rings. The summed E-state index contributed by atoms with van der Waals surface area (Å²) >= 11 is 0. The van der Waals surface area contributed by atoms with Gasteiger partial charge in [0.15, 0.2) is 18.7 Å². The molecule has 0 aromatic rings. The number of aliphatic hydroxyl groups excluding tert-OH is 7. The molecule has 2 aliphatic heterocycles. The predicted octanol–water partition coefficient (Wildman–Crippen LogP) is 4.09. The van der Waals surface area contributed by atoms with E-state index in [9.17, 15) is 45.3 Å². The molecule has 0 saturated carbocycles. The van der Waals surface area contributed by atoms with Gasteiger partial charge in [-0.1, -0.05) is 105 Å². The van der Waals surface area contributed by atoms with Crippen molar-refractivity contribution in [2.45, 2.75) is 165 Å². The standard InChI is InChI=1S/C46H72O15/c1-3-5-7-9-11-13-15-17-19-21-23-25-27-29-38(49)59-34(31-56-37(48)28-26-24-22-20-18-16-14-12-10-8-6-4-2)32-57-45-44(55)42(53)40(51)36(61-45)33-58-46-43(54)41(52)39(50)35(30-47)60-46/h5-9,11-15,17-20,34-36,39-47,50-55H,3-4,10,16,21-33H2,1-2H3/b7-5+,8-6+,11-9+,14-12+,15-13+,19-17+,20-18+/t34?,35-,36-,39+,40+,41?,42?,43?,44?,45-,46-/m1/s1. The highest BCUT2D eigenvalue weighted by atomic mass is 16.7. The van der Waals surface area contributed by atoms with Crippen molar-refractivity contribution in [3.8, 4) is 0 Å². The van der Waals surface area contributed by atoms with Gasteiger partial charge in [-0.2, -0.15) is 0 Å². The van der Waals surface area contributed by atoms with E-state index in [1.807, 2.05) is 36.5 Å². The van der Waals surface area contributed by atoms with Crippen LogP contribution in [0.3, 0.4) is 0 Å². The zero-order chi connectivity index (χ0) is 44.7. The Morgan fingerprint density at radius 3 is 1.74 bits per heavy atom. The molecular formula is C46H72O15. The molecule has 0 aromatic carbocycles. The Morgan fingerprint density at radius 1 is 0.541 bits per heavy atom. The molecule has 2 saturated heterocycles. The zero-order valence-corrected chi connectivity index (χ0v) is 35.9. The normalized spacial score (nSPS) is 28.1. The number of rotatable bonds is 30. The molecule has 0 aliphatic carbocycles. The lowest BCUT2D eigenvalue weighted by Crippen LogP contribution is -2.61. The van der Waals surface area contributed by atoms with Gasteiger partial charge in [-0.15, -0.1) is 0 Å². The molecule has 0 aromatic heterocycles. The second kappa shape index (κ2) is 33.3. The summed E-state index contributed by atoms with van der Waals surface area (Å²) in [6.45, 7) is 2.18. The number of hydrogen-bond acceptors (Lipinski definition) is 15. The molecule has 7 N–H and O–H groups in total. The van der Waals surface area contributed by atoms with Crippen LogP contribution in [0.25, 0.3) is 0 Å². The van der Waals surface area contributed by atoms with Crippen molar-refractivity contribution in [2.24, 2.45) is 0 Å². The Labute approximate surface area is 361 Å². The molecule has 0 amide bonds. The van der Waals surface area contributed by atoms with Crippen molar-refractivity contribution in [1.82, 2.24) is 0 Å². The fourth-order valence-electron chi connectivity index (χ4n) is 6.12. The first-order chi connectivity index (χ1) is 29.5. The minimum atomic E-state index is -1.78. The largest absolute Gasteiger partial charge is 0.462 e. The van der Waals surface area contributed by atoms with Gasteiger partial charge in [0.25, 0.3) is 0 Å². The zero-order valence-electron chi connectivity index (χ0n) is 35.9. The summed E-state index contributed by atoms with van der Waals surface area (Å²) in [6.07, 6.45) is 20.8. The fourth-order valence-corrected chi connectivity index (χ4v) is 6.12. The molecule has 346 valence electrons. The molecule has 2 rings (SSSR count). The van der Waals surface area contributed by atoms with Crippen molar-refractivity contribution in [2.75, 3.05) is 26.4 Å². The SMILES string of the molecule is CC/C=C/C=C/C=C/C=C/CCCCCC(=O)OC(COC(=O)CCCC/C=C/C/C=C/C/C=C/CC)CO[C@@H]1O[C@H](CO[C@@H]2O[C@H](CO)[C@H](O)C(O)C2O)[C@H](O)C(O)C1O. The van der Waals surface area contributed by atoms with Gasteiger partial charge in [-0.3, -0.25) is 9.59 Å². The average molecular weight is 865 g/mol. The molecule has 5 unspecified atom stereocenters. The highest BCUT2D eigenvalue weighted by Gasteiger charge is 2.47. The van der Waals surface area contributed by atoms with E-state index >= 15 is 0 Å². The summed E-state index contributed by atoms with van der Waals surface area (Å²) < 4.78 is 33.3. The van der Waals surface area contributed by atoms with E-state index in [-0.39, 0.29) is 19.4 Å². The van der Waals surface area contributed by atoms with E-state index in [0.29, 0.717) is 12.8 Å².